The van der Waals surface area contributed by atoms with E-state index in [1.54, 1.807) is 0 Å². The highest BCUT2D eigenvalue weighted by atomic mass is 16.3. The zero-order valence-corrected chi connectivity index (χ0v) is 12.6. The van der Waals surface area contributed by atoms with E-state index in [1.807, 2.05) is 56.1 Å². The second-order valence-corrected chi connectivity index (χ2v) is 5.41. The lowest BCUT2D eigenvalue weighted by atomic mass is 10.0. The van der Waals surface area contributed by atoms with Crippen molar-refractivity contribution in [3.63, 3.8) is 0 Å². The maximum atomic E-state index is 12.2. The summed E-state index contributed by atoms with van der Waals surface area (Å²) in [5.74, 6) is 1.92. The van der Waals surface area contributed by atoms with E-state index in [4.69, 9.17) is 4.42 Å². The Bertz CT molecular complexity index is 613. The minimum Gasteiger partial charge on any atom is -0.465 e. The Kier molecular flexibility index (Phi) is 4.40. The van der Waals surface area contributed by atoms with Gasteiger partial charge in [0.2, 0.25) is 0 Å². The summed E-state index contributed by atoms with van der Waals surface area (Å²) in [5.41, 5.74) is 3.14. The summed E-state index contributed by atoms with van der Waals surface area (Å²) in [7, 11) is 1.93. The van der Waals surface area contributed by atoms with Crippen molar-refractivity contribution in [2.24, 2.45) is 0 Å². The molecule has 0 aliphatic heterocycles. The van der Waals surface area contributed by atoms with Gasteiger partial charge in [-0.05, 0) is 57.1 Å². The molecule has 0 atom stereocenters. The minimum atomic E-state index is 0.138. The fraction of sp³-hybridized carbons (Fsp3) is 0.353. The van der Waals surface area contributed by atoms with Crippen LogP contribution in [0.25, 0.3) is 0 Å². The predicted octanol–water partition coefficient (Wildman–Crippen LogP) is 3.52. The minimum absolute atomic E-state index is 0.138. The second kappa shape index (κ2) is 6.06. The molecule has 0 spiro atoms. The highest BCUT2D eigenvalue weighted by Gasteiger charge is 2.11. The van der Waals surface area contributed by atoms with Gasteiger partial charge in [-0.3, -0.25) is 9.69 Å². The largest absolute Gasteiger partial charge is 0.465 e. The predicted molar refractivity (Wildman–Crippen MR) is 80.0 cm³/mol. The molecule has 3 heteroatoms. The van der Waals surface area contributed by atoms with Gasteiger partial charge in [0.1, 0.15) is 11.5 Å². The first-order chi connectivity index (χ1) is 9.45. The van der Waals surface area contributed by atoms with Gasteiger partial charge in [-0.1, -0.05) is 12.1 Å². The van der Waals surface area contributed by atoms with Crippen molar-refractivity contribution in [3.05, 3.63) is 58.5 Å². The number of carbonyl (C=O) groups is 1. The summed E-state index contributed by atoms with van der Waals surface area (Å²) in [6.07, 6.45) is 0. The normalized spacial score (nSPS) is 11.1. The van der Waals surface area contributed by atoms with Gasteiger partial charge in [-0.2, -0.15) is 0 Å². The van der Waals surface area contributed by atoms with Crippen LogP contribution in [0.3, 0.4) is 0 Å². The molecule has 0 aliphatic carbocycles. The molecule has 1 heterocycles. The van der Waals surface area contributed by atoms with E-state index in [-0.39, 0.29) is 5.78 Å². The van der Waals surface area contributed by atoms with E-state index in [0.29, 0.717) is 13.1 Å². The molecule has 0 N–H and O–H groups in total. The molecule has 0 unspecified atom stereocenters. The Morgan fingerprint density at radius 1 is 1.10 bits per heavy atom. The number of likely N-dealkylation sites (N-methyl/N-ethyl adjacent to an activating group) is 1. The van der Waals surface area contributed by atoms with E-state index in [9.17, 15) is 4.79 Å². The number of benzene rings is 1. The van der Waals surface area contributed by atoms with Gasteiger partial charge in [-0.15, -0.1) is 0 Å². The van der Waals surface area contributed by atoms with Crippen LogP contribution in [0.4, 0.5) is 0 Å². The summed E-state index contributed by atoms with van der Waals surface area (Å²) in [4.78, 5) is 14.2. The van der Waals surface area contributed by atoms with Gasteiger partial charge in [-0.25, -0.2) is 0 Å². The topological polar surface area (TPSA) is 33.5 Å². The Labute approximate surface area is 120 Å². The van der Waals surface area contributed by atoms with Crippen LogP contribution in [-0.4, -0.2) is 24.3 Å². The first-order valence-corrected chi connectivity index (χ1v) is 6.80. The van der Waals surface area contributed by atoms with Crippen LogP contribution < -0.4 is 0 Å². The van der Waals surface area contributed by atoms with Gasteiger partial charge in [0, 0.05) is 5.56 Å². The number of aryl methyl sites for hydroxylation is 3. The molecular weight excluding hydrogens is 250 g/mol. The molecule has 1 aromatic heterocycles. The van der Waals surface area contributed by atoms with Crippen molar-refractivity contribution in [3.8, 4) is 0 Å². The smallest absolute Gasteiger partial charge is 0.176 e. The third kappa shape index (κ3) is 3.58. The molecular formula is C17H21NO2. The average Bonchev–Trinajstić information content (AvgIpc) is 2.77. The van der Waals surface area contributed by atoms with Gasteiger partial charge in [0.25, 0.3) is 0 Å². The van der Waals surface area contributed by atoms with Crippen LogP contribution in [0.1, 0.15) is 33.0 Å². The zero-order chi connectivity index (χ0) is 14.7. The Hall–Kier alpha value is -1.87. The number of hydrogen-bond acceptors (Lipinski definition) is 3. The van der Waals surface area contributed by atoms with Crippen LogP contribution in [-0.2, 0) is 6.54 Å². The molecule has 2 rings (SSSR count). The van der Waals surface area contributed by atoms with Crippen LogP contribution in [0.2, 0.25) is 0 Å². The zero-order valence-electron chi connectivity index (χ0n) is 12.6. The molecule has 2 aromatic rings. The van der Waals surface area contributed by atoms with Gasteiger partial charge < -0.3 is 4.42 Å². The lowest BCUT2D eigenvalue weighted by Crippen LogP contribution is -2.25. The SMILES string of the molecule is Cc1ccc(CN(C)CC(=O)c2ccc(C)c(C)c2)o1. The molecule has 1 aromatic carbocycles. The van der Waals surface area contributed by atoms with Crippen molar-refractivity contribution in [2.75, 3.05) is 13.6 Å². The molecule has 3 nitrogen and oxygen atoms in total. The molecule has 0 saturated heterocycles. The monoisotopic (exact) mass is 271 g/mol. The molecule has 0 amide bonds. The molecule has 0 radical (unpaired) electrons. The average molecular weight is 271 g/mol. The van der Waals surface area contributed by atoms with E-state index in [0.717, 1.165) is 22.6 Å². The third-order valence-electron chi connectivity index (χ3n) is 3.46. The summed E-state index contributed by atoms with van der Waals surface area (Å²) < 4.78 is 5.52. The first kappa shape index (κ1) is 14.5. The molecule has 0 bridgehead atoms. The molecule has 0 saturated carbocycles. The van der Waals surface area contributed by atoms with Crippen molar-refractivity contribution < 1.29 is 9.21 Å². The van der Waals surface area contributed by atoms with Crippen LogP contribution >= 0.6 is 0 Å². The highest BCUT2D eigenvalue weighted by molar-refractivity contribution is 5.97. The molecule has 0 aliphatic rings. The number of carbonyl (C=O) groups excluding carboxylic acids is 1. The summed E-state index contributed by atoms with van der Waals surface area (Å²) in [5, 5.41) is 0. The fourth-order valence-corrected chi connectivity index (χ4v) is 2.14. The number of Topliss-reactive ketones (excluding diaryl/α,β-unsaturated/α-hetero) is 1. The maximum Gasteiger partial charge on any atom is 0.176 e. The van der Waals surface area contributed by atoms with Crippen LogP contribution in [0, 0.1) is 20.8 Å². The van der Waals surface area contributed by atoms with Crippen LogP contribution in [0.5, 0.6) is 0 Å². The third-order valence-corrected chi connectivity index (χ3v) is 3.46. The molecule has 106 valence electrons. The number of nitrogens with zero attached hydrogens (tertiary/aromatic N) is 1. The lowest BCUT2D eigenvalue weighted by Gasteiger charge is -2.14. The maximum absolute atomic E-state index is 12.2. The van der Waals surface area contributed by atoms with Gasteiger partial charge in [0.15, 0.2) is 5.78 Å². The van der Waals surface area contributed by atoms with Crippen molar-refractivity contribution in [1.29, 1.82) is 0 Å². The van der Waals surface area contributed by atoms with Crippen LogP contribution in [0.15, 0.2) is 34.7 Å². The molecule has 0 fully saturated rings. The molecule has 20 heavy (non-hydrogen) atoms. The van der Waals surface area contributed by atoms with Gasteiger partial charge in [0.05, 0.1) is 13.1 Å². The van der Waals surface area contributed by atoms with Gasteiger partial charge >= 0.3 is 0 Å². The Morgan fingerprint density at radius 2 is 1.85 bits per heavy atom. The Morgan fingerprint density at radius 3 is 2.45 bits per heavy atom. The summed E-state index contributed by atoms with van der Waals surface area (Å²) in [6, 6.07) is 9.75. The lowest BCUT2D eigenvalue weighted by molar-refractivity contribution is 0.0939. The van der Waals surface area contributed by atoms with E-state index in [1.165, 1.54) is 5.56 Å². The number of furan rings is 1. The number of rotatable bonds is 5. The Balaban J connectivity index is 1.98. The quantitative estimate of drug-likeness (QED) is 0.780. The van der Waals surface area contributed by atoms with Crippen molar-refractivity contribution in [1.82, 2.24) is 4.90 Å². The summed E-state index contributed by atoms with van der Waals surface area (Å²) >= 11 is 0. The van der Waals surface area contributed by atoms with E-state index in [2.05, 4.69) is 6.92 Å². The van der Waals surface area contributed by atoms with E-state index >= 15 is 0 Å². The highest BCUT2D eigenvalue weighted by Crippen LogP contribution is 2.12. The summed E-state index contributed by atoms with van der Waals surface area (Å²) in [6.45, 7) is 7.03. The first-order valence-electron chi connectivity index (χ1n) is 6.80. The fourth-order valence-electron chi connectivity index (χ4n) is 2.14. The number of hydrogen-bond donors (Lipinski definition) is 0. The second-order valence-electron chi connectivity index (χ2n) is 5.41. The van der Waals surface area contributed by atoms with Crippen molar-refractivity contribution in [2.45, 2.75) is 27.3 Å². The van der Waals surface area contributed by atoms with E-state index < -0.39 is 0 Å². The number of ketones is 1. The standard InChI is InChI=1S/C17H21NO2/c1-12-5-7-15(9-13(12)2)17(19)11-18(4)10-16-8-6-14(3)20-16/h5-9H,10-11H2,1-4H3. The van der Waals surface area contributed by atoms with Crippen molar-refractivity contribution >= 4 is 5.78 Å².